The maximum absolute atomic E-state index is 10.9. The predicted octanol–water partition coefficient (Wildman–Crippen LogP) is 2.81. The zero-order valence-corrected chi connectivity index (χ0v) is 10.1. The van der Waals surface area contributed by atoms with E-state index in [1.165, 1.54) is 19.2 Å². The van der Waals surface area contributed by atoms with Gasteiger partial charge in [-0.2, -0.15) is 0 Å². The van der Waals surface area contributed by atoms with Crippen molar-refractivity contribution < 1.29 is 19.2 Å². The number of hydrogen-bond donors (Lipinski definition) is 0. The van der Waals surface area contributed by atoms with Crippen LogP contribution in [-0.2, 0) is 4.74 Å². The summed E-state index contributed by atoms with van der Waals surface area (Å²) in [5.41, 5.74) is 0.382. The molecule has 0 radical (unpaired) electrons. The van der Waals surface area contributed by atoms with Crippen LogP contribution in [0.4, 0.5) is 10.5 Å². The van der Waals surface area contributed by atoms with Gasteiger partial charge in [0.25, 0.3) is 5.69 Å². The molecule has 0 aliphatic heterocycles. The number of hydrogen-bond acceptors (Lipinski definition) is 5. The first-order chi connectivity index (χ1) is 7.45. The molecule has 0 fully saturated rings. The maximum atomic E-state index is 10.9. The Kier molecular flexibility index (Phi) is 3.83. The fourth-order valence-corrected chi connectivity index (χ4v) is 1.70. The summed E-state index contributed by atoms with van der Waals surface area (Å²) in [5, 5.41) is 10.5. The van der Waals surface area contributed by atoms with Gasteiger partial charge in [-0.05, 0) is 28.4 Å². The van der Waals surface area contributed by atoms with Crippen molar-refractivity contribution in [2.45, 2.75) is 6.92 Å². The summed E-state index contributed by atoms with van der Waals surface area (Å²) in [4.78, 5) is 20.9. The van der Waals surface area contributed by atoms with Crippen LogP contribution in [0, 0.1) is 17.0 Å². The predicted molar refractivity (Wildman–Crippen MR) is 58.6 cm³/mol. The largest absolute Gasteiger partial charge is 0.513 e. The molecule has 1 aromatic carbocycles. The van der Waals surface area contributed by atoms with Crippen molar-refractivity contribution in [3.05, 3.63) is 32.3 Å². The topological polar surface area (TPSA) is 78.7 Å². The molecule has 0 saturated carbocycles. The molecule has 1 rings (SSSR count). The van der Waals surface area contributed by atoms with Gasteiger partial charge in [-0.1, -0.05) is 0 Å². The van der Waals surface area contributed by atoms with Gasteiger partial charge < -0.3 is 9.47 Å². The standard InChI is InChI=1S/C9H8BrNO5/c1-5-3-6(11(13)14)4-7(10)8(5)16-9(12)15-2/h3-4H,1-2H3. The number of non-ortho nitro benzene ring substituents is 1. The second-order valence-corrected chi connectivity index (χ2v) is 3.74. The Morgan fingerprint density at radius 3 is 2.56 bits per heavy atom. The molecule has 0 aliphatic carbocycles. The van der Waals surface area contributed by atoms with Crippen LogP contribution in [0.15, 0.2) is 16.6 Å². The smallest absolute Gasteiger partial charge is 0.437 e. The fourth-order valence-electron chi connectivity index (χ4n) is 1.07. The summed E-state index contributed by atoms with van der Waals surface area (Å²) in [7, 11) is 1.18. The third kappa shape index (κ3) is 2.69. The molecule has 1 aromatic rings. The minimum Gasteiger partial charge on any atom is -0.437 e. The van der Waals surface area contributed by atoms with E-state index in [0.717, 1.165) is 0 Å². The highest BCUT2D eigenvalue weighted by atomic mass is 79.9. The van der Waals surface area contributed by atoms with E-state index in [4.69, 9.17) is 4.74 Å². The number of carbonyl (C=O) groups is 1. The summed E-state index contributed by atoms with van der Waals surface area (Å²) < 4.78 is 9.48. The number of nitro groups is 1. The van der Waals surface area contributed by atoms with Crippen molar-refractivity contribution in [2.75, 3.05) is 7.11 Å². The lowest BCUT2D eigenvalue weighted by Crippen LogP contribution is -2.08. The van der Waals surface area contributed by atoms with Gasteiger partial charge in [-0.3, -0.25) is 10.1 Å². The SMILES string of the molecule is COC(=O)Oc1c(C)cc([N+](=O)[O-])cc1Br. The molecule has 0 aliphatic rings. The number of aryl methyl sites for hydroxylation is 1. The van der Waals surface area contributed by atoms with Gasteiger partial charge in [-0.15, -0.1) is 0 Å². The van der Waals surface area contributed by atoms with E-state index >= 15 is 0 Å². The first kappa shape index (κ1) is 12.4. The minimum absolute atomic E-state index is 0.0819. The summed E-state index contributed by atoms with van der Waals surface area (Å²) in [6.07, 6.45) is -0.877. The van der Waals surface area contributed by atoms with Crippen LogP contribution in [0.25, 0.3) is 0 Å². The molecule has 0 N–H and O–H groups in total. The number of ether oxygens (including phenoxy) is 2. The number of benzene rings is 1. The van der Waals surface area contributed by atoms with E-state index in [0.29, 0.717) is 10.0 Å². The molecule has 0 aromatic heterocycles. The van der Waals surface area contributed by atoms with E-state index in [9.17, 15) is 14.9 Å². The Balaban J connectivity index is 3.12. The van der Waals surface area contributed by atoms with E-state index < -0.39 is 11.1 Å². The lowest BCUT2D eigenvalue weighted by molar-refractivity contribution is -0.385. The van der Waals surface area contributed by atoms with Crippen LogP contribution in [0.2, 0.25) is 0 Å². The first-order valence-electron chi connectivity index (χ1n) is 4.16. The van der Waals surface area contributed by atoms with Crippen LogP contribution in [0.3, 0.4) is 0 Å². The summed E-state index contributed by atoms with van der Waals surface area (Å²) in [6.45, 7) is 1.59. The van der Waals surface area contributed by atoms with Gasteiger partial charge in [0, 0.05) is 12.1 Å². The number of nitrogens with zero attached hydrogens (tertiary/aromatic N) is 1. The quantitative estimate of drug-likeness (QED) is 0.362. The molecule has 0 spiro atoms. The molecule has 7 heteroatoms. The molecule has 0 amide bonds. The molecule has 0 atom stereocenters. The Bertz CT molecular complexity index is 423. The number of nitro benzene ring substituents is 1. The van der Waals surface area contributed by atoms with Crippen LogP contribution < -0.4 is 4.74 Å². The second kappa shape index (κ2) is 4.93. The zero-order valence-electron chi connectivity index (χ0n) is 8.52. The van der Waals surface area contributed by atoms with Crippen molar-refractivity contribution in [2.24, 2.45) is 0 Å². The lowest BCUT2D eigenvalue weighted by Gasteiger charge is -2.07. The van der Waals surface area contributed by atoms with Crippen molar-refractivity contribution in [1.82, 2.24) is 0 Å². The van der Waals surface area contributed by atoms with Crippen LogP contribution >= 0.6 is 15.9 Å². The Labute approximate surface area is 99.4 Å². The molecule has 16 heavy (non-hydrogen) atoms. The molecular formula is C9H8BrNO5. The van der Waals surface area contributed by atoms with Crippen LogP contribution in [-0.4, -0.2) is 18.2 Å². The number of rotatable bonds is 2. The average Bonchev–Trinajstić information content (AvgIpc) is 2.22. The van der Waals surface area contributed by atoms with Gasteiger partial charge in [-0.25, -0.2) is 4.79 Å². The van der Waals surface area contributed by atoms with E-state index in [-0.39, 0.29) is 11.4 Å². The number of methoxy groups -OCH3 is 1. The van der Waals surface area contributed by atoms with Crippen molar-refractivity contribution >= 4 is 27.8 Å². The van der Waals surface area contributed by atoms with Gasteiger partial charge in [0.15, 0.2) is 5.75 Å². The molecule has 0 heterocycles. The monoisotopic (exact) mass is 289 g/mol. The van der Waals surface area contributed by atoms with Crippen LogP contribution in [0.1, 0.15) is 5.56 Å². The van der Waals surface area contributed by atoms with Crippen molar-refractivity contribution in [3.63, 3.8) is 0 Å². The molecule has 0 saturated heterocycles. The normalized spacial score (nSPS) is 9.69. The second-order valence-electron chi connectivity index (χ2n) is 2.89. The Morgan fingerprint density at radius 1 is 1.50 bits per heavy atom. The van der Waals surface area contributed by atoms with Gasteiger partial charge in [0.1, 0.15) is 0 Å². The summed E-state index contributed by atoms with van der Waals surface area (Å²) in [5.74, 6) is 0.206. The highest BCUT2D eigenvalue weighted by molar-refractivity contribution is 9.10. The Morgan fingerprint density at radius 2 is 2.12 bits per heavy atom. The van der Waals surface area contributed by atoms with E-state index in [1.807, 2.05) is 0 Å². The fraction of sp³-hybridized carbons (Fsp3) is 0.222. The Hall–Kier alpha value is -1.63. The van der Waals surface area contributed by atoms with Crippen molar-refractivity contribution in [1.29, 1.82) is 0 Å². The summed E-state index contributed by atoms with van der Waals surface area (Å²) in [6, 6.07) is 2.56. The zero-order chi connectivity index (χ0) is 12.3. The highest BCUT2D eigenvalue weighted by Gasteiger charge is 2.16. The van der Waals surface area contributed by atoms with Gasteiger partial charge in [0.2, 0.25) is 0 Å². The minimum atomic E-state index is -0.877. The lowest BCUT2D eigenvalue weighted by atomic mass is 10.2. The maximum Gasteiger partial charge on any atom is 0.513 e. The molecule has 86 valence electrons. The molecule has 6 nitrogen and oxygen atoms in total. The molecular weight excluding hydrogens is 282 g/mol. The van der Waals surface area contributed by atoms with E-state index in [1.54, 1.807) is 6.92 Å². The van der Waals surface area contributed by atoms with E-state index in [2.05, 4.69) is 20.7 Å². The van der Waals surface area contributed by atoms with Crippen LogP contribution in [0.5, 0.6) is 5.75 Å². The van der Waals surface area contributed by atoms with Gasteiger partial charge >= 0.3 is 6.16 Å². The number of halogens is 1. The first-order valence-corrected chi connectivity index (χ1v) is 4.95. The number of carbonyl (C=O) groups excluding carboxylic acids is 1. The third-order valence-corrected chi connectivity index (χ3v) is 2.37. The average molecular weight is 290 g/mol. The molecule has 0 unspecified atom stereocenters. The highest BCUT2D eigenvalue weighted by Crippen LogP contribution is 2.33. The third-order valence-electron chi connectivity index (χ3n) is 1.78. The van der Waals surface area contributed by atoms with Crippen molar-refractivity contribution in [3.8, 4) is 5.75 Å². The van der Waals surface area contributed by atoms with Gasteiger partial charge in [0.05, 0.1) is 16.5 Å². The summed E-state index contributed by atoms with van der Waals surface area (Å²) >= 11 is 3.09. The molecule has 0 bridgehead atoms.